The van der Waals surface area contributed by atoms with Gasteiger partial charge in [-0.2, -0.15) is 0 Å². The summed E-state index contributed by atoms with van der Waals surface area (Å²) in [4.78, 5) is 4.17. The first kappa shape index (κ1) is 10.5. The average Bonchev–Trinajstić information content (AvgIpc) is 2.56. The molecular weight excluding hydrogens is 184 g/mol. The van der Waals surface area contributed by atoms with E-state index in [-0.39, 0.29) is 0 Å². The van der Waals surface area contributed by atoms with Gasteiger partial charge in [0.05, 0.1) is 12.6 Å². The summed E-state index contributed by atoms with van der Waals surface area (Å²) in [6.45, 7) is 5.06. The van der Waals surface area contributed by atoms with Crippen molar-refractivity contribution < 1.29 is 4.74 Å². The summed E-state index contributed by atoms with van der Waals surface area (Å²) in [6.07, 6.45) is 1.80. The van der Waals surface area contributed by atoms with E-state index >= 15 is 0 Å². The highest BCUT2D eigenvalue weighted by Crippen LogP contribution is 2.15. The average molecular weight is 200 g/mol. The molecule has 4 heteroatoms. The third-order valence-corrected chi connectivity index (χ3v) is 2.60. The second-order valence-electron chi connectivity index (χ2n) is 3.29. The molecule has 0 amide bonds. The maximum Gasteiger partial charge on any atom is 0.182 e. The topological polar surface area (TPSA) is 34.1 Å². The van der Waals surface area contributed by atoms with Gasteiger partial charge in [-0.25, -0.2) is 4.98 Å². The van der Waals surface area contributed by atoms with E-state index in [4.69, 9.17) is 4.74 Å². The zero-order chi connectivity index (χ0) is 9.68. The Hall–Kier alpha value is -0.610. The van der Waals surface area contributed by atoms with Gasteiger partial charge in [-0.1, -0.05) is 13.8 Å². The highest BCUT2D eigenvalue weighted by molar-refractivity contribution is 7.13. The molecule has 1 heterocycles. The van der Waals surface area contributed by atoms with Crippen LogP contribution in [0.4, 0.5) is 5.13 Å². The Balaban J connectivity index is 2.47. The van der Waals surface area contributed by atoms with Crippen molar-refractivity contribution in [3.63, 3.8) is 0 Å². The standard InChI is InChI=1S/C9H16N2OS/c1-7(2)8(6-12-3)11-9-10-4-5-13-9/h4-5,7-8H,6H2,1-3H3,(H,10,11). The maximum atomic E-state index is 5.13. The molecule has 0 fully saturated rings. The van der Waals surface area contributed by atoms with E-state index in [9.17, 15) is 0 Å². The van der Waals surface area contributed by atoms with Crippen LogP contribution in [0.2, 0.25) is 0 Å². The number of hydrogen-bond donors (Lipinski definition) is 1. The van der Waals surface area contributed by atoms with E-state index in [1.807, 2.05) is 5.38 Å². The zero-order valence-electron chi connectivity index (χ0n) is 8.28. The minimum atomic E-state index is 0.344. The highest BCUT2D eigenvalue weighted by atomic mass is 32.1. The summed E-state index contributed by atoms with van der Waals surface area (Å²) < 4.78 is 5.13. The summed E-state index contributed by atoms with van der Waals surface area (Å²) in [6, 6.07) is 0.344. The second-order valence-corrected chi connectivity index (χ2v) is 4.18. The van der Waals surface area contributed by atoms with E-state index in [0.29, 0.717) is 12.0 Å². The lowest BCUT2D eigenvalue weighted by Crippen LogP contribution is -2.30. The number of nitrogens with zero attached hydrogens (tertiary/aromatic N) is 1. The van der Waals surface area contributed by atoms with Crippen molar-refractivity contribution in [2.24, 2.45) is 5.92 Å². The minimum Gasteiger partial charge on any atom is -0.383 e. The lowest BCUT2D eigenvalue weighted by atomic mass is 10.1. The number of aromatic nitrogens is 1. The third kappa shape index (κ3) is 3.32. The number of rotatable bonds is 5. The Labute approximate surface area is 83.1 Å². The SMILES string of the molecule is COCC(Nc1nccs1)C(C)C. The lowest BCUT2D eigenvalue weighted by molar-refractivity contribution is 0.171. The first-order valence-corrected chi connectivity index (χ1v) is 5.27. The van der Waals surface area contributed by atoms with Crippen LogP contribution in [0.15, 0.2) is 11.6 Å². The molecule has 0 aliphatic rings. The summed E-state index contributed by atoms with van der Waals surface area (Å²) in [5, 5.41) is 6.27. The number of hydrogen-bond acceptors (Lipinski definition) is 4. The van der Waals surface area contributed by atoms with E-state index in [1.54, 1.807) is 24.6 Å². The zero-order valence-corrected chi connectivity index (χ0v) is 9.10. The monoisotopic (exact) mass is 200 g/mol. The molecule has 1 N–H and O–H groups in total. The molecule has 0 aliphatic heterocycles. The van der Waals surface area contributed by atoms with E-state index in [1.165, 1.54) is 0 Å². The molecule has 0 saturated carbocycles. The van der Waals surface area contributed by atoms with Crippen LogP contribution in [0.3, 0.4) is 0 Å². The summed E-state index contributed by atoms with van der Waals surface area (Å²) in [7, 11) is 1.72. The predicted molar refractivity (Wildman–Crippen MR) is 56.2 cm³/mol. The fourth-order valence-corrected chi connectivity index (χ4v) is 1.63. The van der Waals surface area contributed by atoms with Gasteiger partial charge in [0.1, 0.15) is 0 Å². The van der Waals surface area contributed by atoms with Gasteiger partial charge in [-0.3, -0.25) is 0 Å². The Morgan fingerprint density at radius 1 is 1.62 bits per heavy atom. The fourth-order valence-electron chi connectivity index (χ4n) is 1.03. The number of thiazole rings is 1. The molecule has 1 aromatic heterocycles. The van der Waals surface area contributed by atoms with Crippen molar-refractivity contribution in [3.05, 3.63) is 11.6 Å². The molecule has 0 aliphatic carbocycles. The van der Waals surface area contributed by atoms with Crippen molar-refractivity contribution >= 4 is 16.5 Å². The molecule has 0 saturated heterocycles. The quantitative estimate of drug-likeness (QED) is 0.791. The van der Waals surface area contributed by atoms with Crippen molar-refractivity contribution in [2.45, 2.75) is 19.9 Å². The Kier molecular flexibility index (Phi) is 4.18. The minimum absolute atomic E-state index is 0.344. The Morgan fingerprint density at radius 3 is 2.85 bits per heavy atom. The number of ether oxygens (including phenoxy) is 1. The normalized spacial score (nSPS) is 13.2. The molecule has 13 heavy (non-hydrogen) atoms. The van der Waals surface area contributed by atoms with Gasteiger partial charge in [-0.15, -0.1) is 11.3 Å². The second kappa shape index (κ2) is 5.19. The van der Waals surface area contributed by atoms with Gasteiger partial charge < -0.3 is 10.1 Å². The van der Waals surface area contributed by atoms with Crippen LogP contribution in [-0.4, -0.2) is 24.7 Å². The number of nitrogens with one attached hydrogen (secondary N) is 1. The molecule has 74 valence electrons. The molecule has 0 aromatic carbocycles. The maximum absolute atomic E-state index is 5.13. The van der Waals surface area contributed by atoms with Gasteiger partial charge in [-0.05, 0) is 5.92 Å². The molecular formula is C9H16N2OS. The summed E-state index contributed by atoms with van der Waals surface area (Å²) in [5.41, 5.74) is 0. The molecule has 0 spiro atoms. The molecule has 1 unspecified atom stereocenters. The molecule has 1 aromatic rings. The highest BCUT2D eigenvalue weighted by Gasteiger charge is 2.13. The molecule has 0 bridgehead atoms. The van der Waals surface area contributed by atoms with Crippen molar-refractivity contribution in [2.75, 3.05) is 19.0 Å². The summed E-state index contributed by atoms with van der Waals surface area (Å²) in [5.74, 6) is 0.545. The van der Waals surface area contributed by atoms with Gasteiger partial charge in [0, 0.05) is 18.7 Å². The first-order chi connectivity index (χ1) is 6.24. The molecule has 1 atom stereocenters. The fraction of sp³-hybridized carbons (Fsp3) is 0.667. The Bertz CT molecular complexity index is 224. The summed E-state index contributed by atoms with van der Waals surface area (Å²) >= 11 is 1.62. The van der Waals surface area contributed by atoms with Crippen LogP contribution < -0.4 is 5.32 Å². The molecule has 3 nitrogen and oxygen atoms in total. The van der Waals surface area contributed by atoms with Crippen molar-refractivity contribution in [1.29, 1.82) is 0 Å². The van der Waals surface area contributed by atoms with Crippen LogP contribution in [0.1, 0.15) is 13.8 Å². The smallest absolute Gasteiger partial charge is 0.182 e. The van der Waals surface area contributed by atoms with Gasteiger partial charge >= 0.3 is 0 Å². The number of anilines is 1. The number of methoxy groups -OCH3 is 1. The Morgan fingerprint density at radius 2 is 2.38 bits per heavy atom. The predicted octanol–water partition coefficient (Wildman–Crippen LogP) is 2.23. The van der Waals surface area contributed by atoms with E-state index in [2.05, 4.69) is 24.1 Å². The third-order valence-electron chi connectivity index (χ3n) is 1.89. The van der Waals surface area contributed by atoms with Crippen LogP contribution >= 0.6 is 11.3 Å². The van der Waals surface area contributed by atoms with Crippen LogP contribution in [0, 0.1) is 5.92 Å². The van der Waals surface area contributed by atoms with Crippen molar-refractivity contribution in [3.8, 4) is 0 Å². The lowest BCUT2D eigenvalue weighted by Gasteiger charge is -2.20. The van der Waals surface area contributed by atoms with E-state index < -0.39 is 0 Å². The van der Waals surface area contributed by atoms with Crippen molar-refractivity contribution in [1.82, 2.24) is 4.98 Å². The largest absolute Gasteiger partial charge is 0.383 e. The van der Waals surface area contributed by atoms with E-state index in [0.717, 1.165) is 11.7 Å². The first-order valence-electron chi connectivity index (χ1n) is 4.39. The van der Waals surface area contributed by atoms with Crippen LogP contribution in [-0.2, 0) is 4.74 Å². The van der Waals surface area contributed by atoms with Crippen LogP contribution in [0.5, 0.6) is 0 Å². The molecule has 1 rings (SSSR count). The van der Waals surface area contributed by atoms with Gasteiger partial charge in [0.15, 0.2) is 5.13 Å². The van der Waals surface area contributed by atoms with Gasteiger partial charge in [0.2, 0.25) is 0 Å². The van der Waals surface area contributed by atoms with Crippen LogP contribution in [0.25, 0.3) is 0 Å². The van der Waals surface area contributed by atoms with Gasteiger partial charge in [0.25, 0.3) is 0 Å². The molecule has 0 radical (unpaired) electrons.